The molecule has 0 aliphatic carbocycles. The van der Waals surface area contributed by atoms with Gasteiger partial charge in [-0.3, -0.25) is 4.98 Å². The maximum atomic E-state index is 4.22. The van der Waals surface area contributed by atoms with Crippen LogP contribution in [0.2, 0.25) is 0 Å². The molecule has 21 heavy (non-hydrogen) atoms. The van der Waals surface area contributed by atoms with Crippen LogP contribution in [-0.2, 0) is 6.42 Å². The van der Waals surface area contributed by atoms with Gasteiger partial charge in [0.15, 0.2) is 0 Å². The van der Waals surface area contributed by atoms with Gasteiger partial charge in [0.1, 0.15) is 0 Å². The van der Waals surface area contributed by atoms with Gasteiger partial charge >= 0.3 is 0 Å². The summed E-state index contributed by atoms with van der Waals surface area (Å²) in [5, 5.41) is 5.92. The first-order valence-electron chi connectivity index (χ1n) is 7.39. The fraction of sp³-hybridized carbons (Fsp3) is 0.211. The normalized spacial score (nSPS) is 12.4. The quantitative estimate of drug-likeness (QED) is 0.767. The summed E-state index contributed by atoms with van der Waals surface area (Å²) in [5.41, 5.74) is 2.66. The monoisotopic (exact) mass is 276 g/mol. The Bertz CT molecular complexity index is 707. The number of rotatable bonds is 5. The van der Waals surface area contributed by atoms with Crippen LogP contribution in [0.1, 0.15) is 17.0 Å². The standard InChI is InChI=1S/C19H20N2/c1-20-14-19(11-15-5-4-10-21-13-15)18-9-8-16-6-2-3-7-17(16)12-18/h2-10,12-13,19-20H,11,14H2,1H3/t19-/m1/s1. The second kappa shape index (κ2) is 6.51. The average molecular weight is 276 g/mol. The molecule has 0 saturated carbocycles. The molecule has 1 atom stereocenters. The lowest BCUT2D eigenvalue weighted by atomic mass is 9.91. The lowest BCUT2D eigenvalue weighted by Crippen LogP contribution is -2.19. The first-order valence-corrected chi connectivity index (χ1v) is 7.39. The molecule has 0 saturated heterocycles. The number of hydrogen-bond donors (Lipinski definition) is 1. The van der Waals surface area contributed by atoms with Gasteiger partial charge in [0.05, 0.1) is 0 Å². The second-order valence-corrected chi connectivity index (χ2v) is 5.43. The third kappa shape index (κ3) is 3.29. The van der Waals surface area contributed by atoms with E-state index in [9.17, 15) is 0 Å². The molecule has 1 aromatic heterocycles. The minimum absolute atomic E-state index is 0.462. The van der Waals surface area contributed by atoms with E-state index in [-0.39, 0.29) is 0 Å². The molecule has 1 heterocycles. The van der Waals surface area contributed by atoms with Crippen LogP contribution >= 0.6 is 0 Å². The molecule has 0 radical (unpaired) electrons. The van der Waals surface area contributed by atoms with Gasteiger partial charge in [0.25, 0.3) is 0 Å². The van der Waals surface area contributed by atoms with Crippen molar-refractivity contribution < 1.29 is 0 Å². The van der Waals surface area contributed by atoms with Crippen LogP contribution in [0, 0.1) is 0 Å². The Balaban J connectivity index is 1.91. The highest BCUT2D eigenvalue weighted by atomic mass is 14.8. The Morgan fingerprint density at radius 1 is 1.00 bits per heavy atom. The van der Waals surface area contributed by atoms with Gasteiger partial charge in [-0.05, 0) is 41.4 Å². The Hall–Kier alpha value is -2.19. The predicted molar refractivity (Wildman–Crippen MR) is 88.6 cm³/mol. The van der Waals surface area contributed by atoms with Crippen molar-refractivity contribution in [3.63, 3.8) is 0 Å². The van der Waals surface area contributed by atoms with Crippen molar-refractivity contribution in [3.8, 4) is 0 Å². The first kappa shape index (κ1) is 13.8. The van der Waals surface area contributed by atoms with Crippen LogP contribution in [0.25, 0.3) is 10.8 Å². The second-order valence-electron chi connectivity index (χ2n) is 5.43. The maximum Gasteiger partial charge on any atom is 0.0300 e. The number of benzene rings is 2. The zero-order chi connectivity index (χ0) is 14.5. The molecule has 2 nitrogen and oxygen atoms in total. The van der Waals surface area contributed by atoms with Crippen molar-refractivity contribution in [2.75, 3.05) is 13.6 Å². The summed E-state index contributed by atoms with van der Waals surface area (Å²) in [4.78, 5) is 4.22. The van der Waals surface area contributed by atoms with E-state index in [1.165, 1.54) is 21.9 Å². The summed E-state index contributed by atoms with van der Waals surface area (Å²) in [7, 11) is 2.01. The number of hydrogen-bond acceptors (Lipinski definition) is 2. The molecule has 0 bridgehead atoms. The minimum Gasteiger partial charge on any atom is -0.319 e. The Labute approximate surface area is 125 Å². The van der Waals surface area contributed by atoms with Crippen molar-refractivity contribution in [1.29, 1.82) is 0 Å². The van der Waals surface area contributed by atoms with Crippen LogP contribution in [0.3, 0.4) is 0 Å². The molecular formula is C19H20N2. The molecule has 0 aliphatic rings. The smallest absolute Gasteiger partial charge is 0.0300 e. The average Bonchev–Trinajstić information content (AvgIpc) is 2.55. The number of nitrogens with zero attached hydrogens (tertiary/aromatic N) is 1. The summed E-state index contributed by atoms with van der Waals surface area (Å²) < 4.78 is 0. The molecular weight excluding hydrogens is 256 g/mol. The van der Waals surface area contributed by atoms with Gasteiger partial charge in [0, 0.05) is 24.9 Å². The van der Waals surface area contributed by atoms with Gasteiger partial charge in [-0.2, -0.15) is 0 Å². The van der Waals surface area contributed by atoms with Crippen LogP contribution in [-0.4, -0.2) is 18.6 Å². The van der Waals surface area contributed by atoms with E-state index in [2.05, 4.69) is 58.8 Å². The third-order valence-electron chi connectivity index (χ3n) is 3.90. The molecule has 0 amide bonds. The highest BCUT2D eigenvalue weighted by Crippen LogP contribution is 2.24. The molecule has 3 rings (SSSR count). The van der Waals surface area contributed by atoms with E-state index >= 15 is 0 Å². The Morgan fingerprint density at radius 3 is 2.62 bits per heavy atom. The molecule has 0 aliphatic heterocycles. The summed E-state index contributed by atoms with van der Waals surface area (Å²) in [6.45, 7) is 0.966. The summed E-state index contributed by atoms with van der Waals surface area (Å²) in [6, 6.07) is 19.5. The van der Waals surface area contributed by atoms with E-state index in [4.69, 9.17) is 0 Å². The Kier molecular flexibility index (Phi) is 4.27. The molecule has 3 aromatic rings. The molecule has 0 fully saturated rings. The van der Waals surface area contributed by atoms with E-state index in [1.54, 1.807) is 0 Å². The topological polar surface area (TPSA) is 24.9 Å². The molecule has 2 aromatic carbocycles. The van der Waals surface area contributed by atoms with Crippen LogP contribution in [0.15, 0.2) is 67.0 Å². The van der Waals surface area contributed by atoms with E-state index in [0.29, 0.717) is 5.92 Å². The number of pyridine rings is 1. The van der Waals surface area contributed by atoms with E-state index < -0.39 is 0 Å². The van der Waals surface area contributed by atoms with E-state index in [1.807, 2.05) is 25.5 Å². The zero-order valence-electron chi connectivity index (χ0n) is 12.3. The number of fused-ring (bicyclic) bond motifs is 1. The third-order valence-corrected chi connectivity index (χ3v) is 3.90. The first-order chi connectivity index (χ1) is 10.4. The highest BCUT2D eigenvalue weighted by Gasteiger charge is 2.12. The minimum atomic E-state index is 0.462. The van der Waals surface area contributed by atoms with Crippen molar-refractivity contribution >= 4 is 10.8 Å². The molecule has 1 N–H and O–H groups in total. The summed E-state index contributed by atoms with van der Waals surface area (Å²) >= 11 is 0. The predicted octanol–water partition coefficient (Wildman–Crippen LogP) is 3.78. The summed E-state index contributed by atoms with van der Waals surface area (Å²) in [5.74, 6) is 0.462. The lowest BCUT2D eigenvalue weighted by molar-refractivity contribution is 0.625. The van der Waals surface area contributed by atoms with Crippen molar-refractivity contribution in [2.24, 2.45) is 0 Å². The van der Waals surface area contributed by atoms with Crippen LogP contribution in [0.4, 0.5) is 0 Å². The van der Waals surface area contributed by atoms with Crippen molar-refractivity contribution in [2.45, 2.75) is 12.3 Å². The van der Waals surface area contributed by atoms with Gasteiger partial charge in [0.2, 0.25) is 0 Å². The lowest BCUT2D eigenvalue weighted by Gasteiger charge is -2.17. The Morgan fingerprint density at radius 2 is 1.86 bits per heavy atom. The zero-order valence-corrected chi connectivity index (χ0v) is 12.3. The van der Waals surface area contributed by atoms with Crippen LogP contribution in [0.5, 0.6) is 0 Å². The number of nitrogens with one attached hydrogen (secondary N) is 1. The van der Waals surface area contributed by atoms with Gasteiger partial charge in [-0.15, -0.1) is 0 Å². The van der Waals surface area contributed by atoms with Gasteiger partial charge in [-0.25, -0.2) is 0 Å². The van der Waals surface area contributed by atoms with Crippen molar-refractivity contribution in [3.05, 3.63) is 78.1 Å². The van der Waals surface area contributed by atoms with Gasteiger partial charge < -0.3 is 5.32 Å². The SMILES string of the molecule is CNC[C@@H](Cc1cccnc1)c1ccc2ccccc2c1. The summed E-state index contributed by atoms with van der Waals surface area (Å²) in [6.07, 6.45) is 4.79. The number of aromatic nitrogens is 1. The number of likely N-dealkylation sites (N-methyl/N-ethyl adjacent to an activating group) is 1. The van der Waals surface area contributed by atoms with Gasteiger partial charge in [-0.1, -0.05) is 48.5 Å². The largest absolute Gasteiger partial charge is 0.319 e. The molecule has 106 valence electrons. The fourth-order valence-electron chi connectivity index (χ4n) is 2.82. The fourth-order valence-corrected chi connectivity index (χ4v) is 2.82. The maximum absolute atomic E-state index is 4.22. The molecule has 2 heteroatoms. The van der Waals surface area contributed by atoms with Crippen molar-refractivity contribution in [1.82, 2.24) is 10.3 Å². The van der Waals surface area contributed by atoms with E-state index in [0.717, 1.165) is 13.0 Å². The molecule has 0 spiro atoms. The molecule has 0 unspecified atom stereocenters. The van der Waals surface area contributed by atoms with Crippen LogP contribution < -0.4 is 5.32 Å². The highest BCUT2D eigenvalue weighted by molar-refractivity contribution is 5.83.